The summed E-state index contributed by atoms with van der Waals surface area (Å²) in [7, 11) is 1.69. The normalized spacial score (nSPS) is 18.1. The zero-order chi connectivity index (χ0) is 17.4. The van der Waals surface area contributed by atoms with Crippen molar-refractivity contribution in [2.45, 2.75) is 44.8 Å². The van der Waals surface area contributed by atoms with Crippen LogP contribution in [0.1, 0.15) is 43.2 Å². The van der Waals surface area contributed by atoms with Gasteiger partial charge in [-0.3, -0.25) is 4.79 Å². The van der Waals surface area contributed by atoms with Gasteiger partial charge in [-0.15, -0.1) is 0 Å². The van der Waals surface area contributed by atoms with Crippen molar-refractivity contribution in [3.05, 3.63) is 59.2 Å². The van der Waals surface area contributed by atoms with Crippen LogP contribution in [0.5, 0.6) is 0 Å². The molecule has 4 nitrogen and oxygen atoms in total. The van der Waals surface area contributed by atoms with Crippen LogP contribution in [-0.2, 0) is 16.1 Å². The molecule has 0 radical (unpaired) electrons. The Kier molecular flexibility index (Phi) is 7.22. The summed E-state index contributed by atoms with van der Waals surface area (Å²) in [5.41, 5.74) is 9.08. The SMILES string of the molecule is CCC[C@H](N)CNC(=O)C1=CC=CCC1c1ccc(COC)cc1. The number of rotatable bonds is 8. The first-order valence-corrected chi connectivity index (χ1v) is 8.64. The molecular weight excluding hydrogens is 300 g/mol. The largest absolute Gasteiger partial charge is 0.380 e. The lowest BCUT2D eigenvalue weighted by Gasteiger charge is -2.22. The Hall–Kier alpha value is -1.91. The van der Waals surface area contributed by atoms with Crippen LogP contribution in [0.15, 0.2) is 48.1 Å². The van der Waals surface area contributed by atoms with Crippen LogP contribution in [0.25, 0.3) is 0 Å². The van der Waals surface area contributed by atoms with Gasteiger partial charge in [0.25, 0.3) is 0 Å². The monoisotopic (exact) mass is 328 g/mol. The molecule has 1 unspecified atom stereocenters. The Morgan fingerprint density at radius 1 is 1.38 bits per heavy atom. The van der Waals surface area contributed by atoms with Crippen molar-refractivity contribution in [3.63, 3.8) is 0 Å². The topological polar surface area (TPSA) is 64.3 Å². The number of amides is 1. The summed E-state index contributed by atoms with van der Waals surface area (Å²) < 4.78 is 5.15. The second-order valence-electron chi connectivity index (χ2n) is 6.27. The molecular formula is C20H28N2O2. The van der Waals surface area contributed by atoms with Crippen LogP contribution in [0.2, 0.25) is 0 Å². The van der Waals surface area contributed by atoms with Crippen molar-refractivity contribution in [3.8, 4) is 0 Å². The number of hydrogen-bond donors (Lipinski definition) is 2. The first-order chi connectivity index (χ1) is 11.7. The lowest BCUT2D eigenvalue weighted by Crippen LogP contribution is -2.38. The van der Waals surface area contributed by atoms with Gasteiger partial charge in [-0.25, -0.2) is 0 Å². The van der Waals surface area contributed by atoms with Gasteiger partial charge in [-0.1, -0.05) is 55.8 Å². The first kappa shape index (κ1) is 18.4. The number of hydrogen-bond acceptors (Lipinski definition) is 3. The highest BCUT2D eigenvalue weighted by Crippen LogP contribution is 2.31. The van der Waals surface area contributed by atoms with Gasteiger partial charge in [0.05, 0.1) is 6.61 Å². The number of carbonyl (C=O) groups is 1. The molecule has 1 aliphatic carbocycles. The number of ether oxygens (including phenoxy) is 1. The van der Waals surface area contributed by atoms with E-state index < -0.39 is 0 Å². The van der Waals surface area contributed by atoms with Gasteiger partial charge in [0, 0.05) is 31.2 Å². The van der Waals surface area contributed by atoms with Crippen molar-refractivity contribution >= 4 is 5.91 Å². The van der Waals surface area contributed by atoms with E-state index in [4.69, 9.17) is 10.5 Å². The molecule has 0 spiro atoms. The molecule has 0 aromatic heterocycles. The minimum Gasteiger partial charge on any atom is -0.380 e. The summed E-state index contributed by atoms with van der Waals surface area (Å²) in [6.07, 6.45) is 8.76. The predicted molar refractivity (Wildman–Crippen MR) is 97.6 cm³/mol. The maximum Gasteiger partial charge on any atom is 0.247 e. The zero-order valence-electron chi connectivity index (χ0n) is 14.6. The molecule has 0 fully saturated rings. The minimum absolute atomic E-state index is 0.0168. The summed E-state index contributed by atoms with van der Waals surface area (Å²) in [6.45, 7) is 3.22. The fourth-order valence-corrected chi connectivity index (χ4v) is 2.99. The third-order valence-corrected chi connectivity index (χ3v) is 4.30. The van der Waals surface area contributed by atoms with E-state index in [1.54, 1.807) is 7.11 Å². The molecule has 2 atom stereocenters. The summed E-state index contributed by atoms with van der Waals surface area (Å²) in [4.78, 5) is 12.6. The molecule has 3 N–H and O–H groups in total. The third-order valence-electron chi connectivity index (χ3n) is 4.30. The van der Waals surface area contributed by atoms with Gasteiger partial charge in [-0.2, -0.15) is 0 Å². The molecule has 0 saturated heterocycles. The Morgan fingerprint density at radius 2 is 2.12 bits per heavy atom. The van der Waals surface area contributed by atoms with Crippen molar-refractivity contribution in [2.24, 2.45) is 5.73 Å². The van der Waals surface area contributed by atoms with Crippen molar-refractivity contribution in [2.75, 3.05) is 13.7 Å². The summed E-state index contributed by atoms with van der Waals surface area (Å²) in [5.74, 6) is 0.0749. The Morgan fingerprint density at radius 3 is 2.79 bits per heavy atom. The molecule has 1 amide bonds. The molecule has 1 aromatic carbocycles. The predicted octanol–water partition coefficient (Wildman–Crippen LogP) is 3.05. The highest BCUT2D eigenvalue weighted by atomic mass is 16.5. The second kappa shape index (κ2) is 9.40. The van der Waals surface area contributed by atoms with Crippen molar-refractivity contribution in [1.82, 2.24) is 5.32 Å². The fourth-order valence-electron chi connectivity index (χ4n) is 2.99. The fraction of sp³-hybridized carbons (Fsp3) is 0.450. The van der Waals surface area contributed by atoms with E-state index in [1.165, 1.54) is 0 Å². The molecule has 1 aliphatic rings. The number of methoxy groups -OCH3 is 1. The lowest BCUT2D eigenvalue weighted by molar-refractivity contribution is -0.117. The van der Waals surface area contributed by atoms with Gasteiger partial charge in [0.15, 0.2) is 0 Å². The number of nitrogens with one attached hydrogen (secondary N) is 1. The number of allylic oxidation sites excluding steroid dienone is 3. The molecule has 0 aliphatic heterocycles. The van der Waals surface area contributed by atoms with Crippen LogP contribution in [0.4, 0.5) is 0 Å². The van der Waals surface area contributed by atoms with E-state index in [2.05, 4.69) is 42.6 Å². The molecule has 130 valence electrons. The van der Waals surface area contributed by atoms with Gasteiger partial charge in [0.2, 0.25) is 5.91 Å². The molecule has 0 saturated carbocycles. The highest BCUT2D eigenvalue weighted by Gasteiger charge is 2.23. The maximum atomic E-state index is 12.6. The lowest BCUT2D eigenvalue weighted by atomic mass is 9.84. The van der Waals surface area contributed by atoms with E-state index in [-0.39, 0.29) is 17.9 Å². The zero-order valence-corrected chi connectivity index (χ0v) is 14.6. The van der Waals surface area contributed by atoms with Crippen LogP contribution in [0, 0.1) is 0 Å². The van der Waals surface area contributed by atoms with E-state index in [1.807, 2.05) is 12.2 Å². The van der Waals surface area contributed by atoms with E-state index in [0.717, 1.165) is 36.0 Å². The van der Waals surface area contributed by atoms with Crippen LogP contribution in [0.3, 0.4) is 0 Å². The van der Waals surface area contributed by atoms with Crippen LogP contribution >= 0.6 is 0 Å². The molecule has 4 heteroatoms. The van der Waals surface area contributed by atoms with Gasteiger partial charge in [0.1, 0.15) is 0 Å². The van der Waals surface area contributed by atoms with Gasteiger partial charge in [-0.05, 0) is 24.0 Å². The number of carbonyl (C=O) groups excluding carboxylic acids is 1. The number of benzene rings is 1. The average Bonchev–Trinajstić information content (AvgIpc) is 2.61. The van der Waals surface area contributed by atoms with Crippen LogP contribution < -0.4 is 11.1 Å². The highest BCUT2D eigenvalue weighted by molar-refractivity contribution is 5.95. The molecule has 2 rings (SSSR count). The first-order valence-electron chi connectivity index (χ1n) is 8.64. The maximum absolute atomic E-state index is 12.6. The smallest absolute Gasteiger partial charge is 0.247 e. The van der Waals surface area contributed by atoms with E-state index >= 15 is 0 Å². The molecule has 1 aromatic rings. The number of nitrogens with two attached hydrogens (primary N) is 1. The van der Waals surface area contributed by atoms with E-state index in [0.29, 0.717) is 13.2 Å². The minimum atomic E-state index is -0.0168. The van der Waals surface area contributed by atoms with E-state index in [9.17, 15) is 4.79 Å². The van der Waals surface area contributed by atoms with Crippen molar-refractivity contribution < 1.29 is 9.53 Å². The van der Waals surface area contributed by atoms with Gasteiger partial charge < -0.3 is 15.8 Å². The summed E-state index contributed by atoms with van der Waals surface area (Å²) in [5, 5.41) is 2.98. The quantitative estimate of drug-likeness (QED) is 0.771. The Balaban J connectivity index is 2.05. The molecule has 0 heterocycles. The van der Waals surface area contributed by atoms with Crippen LogP contribution in [-0.4, -0.2) is 25.6 Å². The standard InChI is InChI=1S/C20H28N2O2/c1-3-6-17(21)13-22-20(23)19-8-5-4-7-18(19)16-11-9-15(10-12-16)14-24-2/h4-5,8-12,17-18H,3,6-7,13-14,21H2,1-2H3,(H,22,23)/t17-,18?/m0/s1. The Labute approximate surface area is 144 Å². The average molecular weight is 328 g/mol. The Bertz CT molecular complexity index is 590. The van der Waals surface area contributed by atoms with Gasteiger partial charge >= 0.3 is 0 Å². The molecule has 0 bridgehead atoms. The third kappa shape index (κ3) is 5.05. The second-order valence-corrected chi connectivity index (χ2v) is 6.27. The summed E-state index contributed by atoms with van der Waals surface area (Å²) >= 11 is 0. The molecule has 24 heavy (non-hydrogen) atoms. The summed E-state index contributed by atoms with van der Waals surface area (Å²) in [6, 6.07) is 8.31. The van der Waals surface area contributed by atoms with Crippen molar-refractivity contribution in [1.29, 1.82) is 0 Å².